The van der Waals surface area contributed by atoms with E-state index in [-0.39, 0.29) is 5.69 Å². The number of carboxylic acids is 1. The summed E-state index contributed by atoms with van der Waals surface area (Å²) >= 11 is 0. The molecule has 0 aliphatic rings. The summed E-state index contributed by atoms with van der Waals surface area (Å²) in [5, 5.41) is 17.3. The van der Waals surface area contributed by atoms with E-state index in [0.29, 0.717) is 5.69 Å². The molecule has 0 aliphatic carbocycles. The molecule has 0 saturated heterocycles. The van der Waals surface area contributed by atoms with E-state index in [9.17, 15) is 9.90 Å². The molecule has 2 aromatic carbocycles. The van der Waals surface area contributed by atoms with Crippen LogP contribution in [0.1, 0.15) is 21.6 Å². The van der Waals surface area contributed by atoms with Gasteiger partial charge in [-0.2, -0.15) is 0 Å². The number of benzene rings is 2. The molecule has 0 bridgehead atoms. The third-order valence-electron chi connectivity index (χ3n) is 3.51. The summed E-state index contributed by atoms with van der Waals surface area (Å²) in [4.78, 5) is 11.5. The van der Waals surface area contributed by atoms with Gasteiger partial charge >= 0.3 is 5.97 Å². The number of aryl methyl sites for hydroxylation is 2. The van der Waals surface area contributed by atoms with Crippen molar-refractivity contribution in [3.8, 4) is 16.9 Å². The molecule has 0 fully saturated rings. The molecule has 22 heavy (non-hydrogen) atoms. The van der Waals surface area contributed by atoms with Crippen LogP contribution < -0.4 is 0 Å². The van der Waals surface area contributed by atoms with Crippen LogP contribution in [0.15, 0.2) is 48.5 Å². The minimum Gasteiger partial charge on any atom is -0.476 e. The van der Waals surface area contributed by atoms with E-state index in [4.69, 9.17) is 0 Å². The molecule has 0 saturated carbocycles. The molecule has 0 radical (unpaired) electrons. The lowest BCUT2D eigenvalue weighted by Gasteiger charge is -2.10. The summed E-state index contributed by atoms with van der Waals surface area (Å²) < 4.78 is 1.60. The first kappa shape index (κ1) is 14.0. The summed E-state index contributed by atoms with van der Waals surface area (Å²) in [7, 11) is 0. The van der Waals surface area contributed by atoms with Gasteiger partial charge in [0.2, 0.25) is 0 Å². The van der Waals surface area contributed by atoms with Gasteiger partial charge < -0.3 is 5.11 Å². The van der Waals surface area contributed by atoms with Gasteiger partial charge in [0.1, 0.15) is 5.69 Å². The molecule has 0 spiro atoms. The highest BCUT2D eigenvalue weighted by Gasteiger charge is 2.22. The van der Waals surface area contributed by atoms with Crippen molar-refractivity contribution in [3.63, 3.8) is 0 Å². The lowest BCUT2D eigenvalue weighted by Crippen LogP contribution is -2.04. The number of rotatable bonds is 3. The van der Waals surface area contributed by atoms with E-state index in [1.54, 1.807) is 4.68 Å². The monoisotopic (exact) mass is 293 g/mol. The predicted octanol–water partition coefficient (Wildman–Crippen LogP) is 3.25. The van der Waals surface area contributed by atoms with Crippen LogP contribution in [-0.4, -0.2) is 26.1 Å². The lowest BCUT2D eigenvalue weighted by molar-refractivity contribution is 0.0691. The molecule has 5 nitrogen and oxygen atoms in total. The Morgan fingerprint density at radius 1 is 1.09 bits per heavy atom. The maximum absolute atomic E-state index is 11.5. The third kappa shape index (κ3) is 2.37. The summed E-state index contributed by atoms with van der Waals surface area (Å²) in [6, 6.07) is 15.3. The number of aromatic nitrogens is 3. The Labute approximate surface area is 127 Å². The fourth-order valence-corrected chi connectivity index (χ4v) is 2.40. The molecule has 5 heteroatoms. The van der Waals surface area contributed by atoms with Crippen LogP contribution in [0.25, 0.3) is 16.9 Å². The van der Waals surface area contributed by atoms with Crippen molar-refractivity contribution in [3.05, 3.63) is 65.4 Å². The van der Waals surface area contributed by atoms with Crippen molar-refractivity contribution >= 4 is 5.97 Å². The Bertz CT molecular complexity index is 838. The summed E-state index contributed by atoms with van der Waals surface area (Å²) in [5.74, 6) is -1.09. The molecule has 0 amide bonds. The zero-order valence-electron chi connectivity index (χ0n) is 12.3. The van der Waals surface area contributed by atoms with Crippen LogP contribution in [0, 0.1) is 13.8 Å². The van der Waals surface area contributed by atoms with E-state index in [2.05, 4.69) is 10.3 Å². The zero-order chi connectivity index (χ0) is 15.7. The second-order valence-electron chi connectivity index (χ2n) is 5.16. The second kappa shape index (κ2) is 5.44. The second-order valence-corrected chi connectivity index (χ2v) is 5.16. The molecular formula is C17H15N3O2. The van der Waals surface area contributed by atoms with Crippen molar-refractivity contribution in [2.45, 2.75) is 13.8 Å². The Hall–Kier alpha value is -2.95. The molecule has 0 aliphatic heterocycles. The SMILES string of the molecule is Cc1ccc(C)c(-n2nnc(C(=O)O)c2-c2ccccc2)c1. The van der Waals surface area contributed by atoms with Crippen LogP contribution in [0.3, 0.4) is 0 Å². The van der Waals surface area contributed by atoms with Crippen LogP contribution in [0.2, 0.25) is 0 Å². The molecule has 110 valence electrons. The molecule has 3 aromatic rings. The van der Waals surface area contributed by atoms with Crippen molar-refractivity contribution < 1.29 is 9.90 Å². The first-order valence-electron chi connectivity index (χ1n) is 6.90. The number of hydrogen-bond donors (Lipinski definition) is 1. The average molecular weight is 293 g/mol. The quantitative estimate of drug-likeness (QED) is 0.805. The third-order valence-corrected chi connectivity index (χ3v) is 3.51. The van der Waals surface area contributed by atoms with Gasteiger partial charge in [-0.15, -0.1) is 5.10 Å². The minimum absolute atomic E-state index is 0.0490. The van der Waals surface area contributed by atoms with Gasteiger partial charge in [0.15, 0.2) is 5.69 Å². The van der Waals surface area contributed by atoms with Crippen molar-refractivity contribution in [1.82, 2.24) is 15.0 Å². The number of nitrogens with zero attached hydrogens (tertiary/aromatic N) is 3. The molecule has 1 aromatic heterocycles. The van der Waals surface area contributed by atoms with E-state index < -0.39 is 5.97 Å². The van der Waals surface area contributed by atoms with Gasteiger partial charge in [-0.25, -0.2) is 9.48 Å². The largest absolute Gasteiger partial charge is 0.476 e. The average Bonchev–Trinajstić information content (AvgIpc) is 2.95. The van der Waals surface area contributed by atoms with Crippen LogP contribution in [-0.2, 0) is 0 Å². The van der Waals surface area contributed by atoms with E-state index in [1.807, 2.05) is 62.4 Å². The van der Waals surface area contributed by atoms with Gasteiger partial charge in [-0.1, -0.05) is 47.7 Å². The Morgan fingerprint density at radius 3 is 2.50 bits per heavy atom. The highest BCUT2D eigenvalue weighted by molar-refractivity contribution is 5.93. The number of carbonyl (C=O) groups is 1. The van der Waals surface area contributed by atoms with Crippen LogP contribution in [0.4, 0.5) is 0 Å². The van der Waals surface area contributed by atoms with Crippen LogP contribution >= 0.6 is 0 Å². The van der Waals surface area contributed by atoms with Gasteiger partial charge in [0, 0.05) is 5.56 Å². The standard InChI is InChI=1S/C17H15N3O2/c1-11-8-9-12(2)14(10-11)20-16(13-6-4-3-5-7-13)15(17(21)22)18-19-20/h3-10H,1-2H3,(H,21,22). The molecule has 1 heterocycles. The molecular weight excluding hydrogens is 278 g/mol. The van der Waals surface area contributed by atoms with Crippen LogP contribution in [0.5, 0.6) is 0 Å². The van der Waals surface area contributed by atoms with Gasteiger partial charge in [-0.3, -0.25) is 0 Å². The van der Waals surface area contributed by atoms with Crippen molar-refractivity contribution in [2.75, 3.05) is 0 Å². The smallest absolute Gasteiger partial charge is 0.358 e. The Balaban J connectivity index is 2.30. The predicted molar refractivity (Wildman–Crippen MR) is 83.2 cm³/mol. The van der Waals surface area contributed by atoms with Gasteiger partial charge in [0.05, 0.1) is 5.69 Å². The Kier molecular flexibility index (Phi) is 3.47. The highest BCUT2D eigenvalue weighted by Crippen LogP contribution is 2.27. The highest BCUT2D eigenvalue weighted by atomic mass is 16.4. The van der Waals surface area contributed by atoms with Crippen molar-refractivity contribution in [2.24, 2.45) is 0 Å². The maximum Gasteiger partial charge on any atom is 0.358 e. The molecule has 3 rings (SSSR count). The zero-order valence-corrected chi connectivity index (χ0v) is 12.3. The lowest BCUT2D eigenvalue weighted by atomic mass is 10.1. The topological polar surface area (TPSA) is 68.0 Å². The molecule has 0 unspecified atom stereocenters. The minimum atomic E-state index is -1.09. The van der Waals surface area contributed by atoms with E-state index in [1.165, 1.54) is 0 Å². The fourth-order valence-electron chi connectivity index (χ4n) is 2.40. The number of hydrogen-bond acceptors (Lipinski definition) is 3. The maximum atomic E-state index is 11.5. The molecule has 1 N–H and O–H groups in total. The Morgan fingerprint density at radius 2 is 1.82 bits per heavy atom. The number of carboxylic acid groups (broad SMARTS) is 1. The molecule has 0 atom stereocenters. The first-order valence-corrected chi connectivity index (χ1v) is 6.90. The van der Waals surface area contributed by atoms with Gasteiger partial charge in [0.25, 0.3) is 0 Å². The summed E-state index contributed by atoms with van der Waals surface area (Å²) in [6.07, 6.45) is 0. The summed E-state index contributed by atoms with van der Waals surface area (Å²) in [5.41, 5.74) is 4.12. The first-order chi connectivity index (χ1) is 10.6. The van der Waals surface area contributed by atoms with Gasteiger partial charge in [-0.05, 0) is 31.0 Å². The number of aromatic carboxylic acids is 1. The fraction of sp³-hybridized carbons (Fsp3) is 0.118. The normalized spacial score (nSPS) is 10.6. The van der Waals surface area contributed by atoms with E-state index >= 15 is 0 Å². The van der Waals surface area contributed by atoms with E-state index in [0.717, 1.165) is 22.4 Å². The summed E-state index contributed by atoms with van der Waals surface area (Å²) in [6.45, 7) is 3.95. The van der Waals surface area contributed by atoms with Crippen molar-refractivity contribution in [1.29, 1.82) is 0 Å².